The molecule has 1 atom stereocenters. The summed E-state index contributed by atoms with van der Waals surface area (Å²) in [5.41, 5.74) is 0.246. The van der Waals surface area contributed by atoms with Crippen LogP contribution in [0.5, 0.6) is 0 Å². The molecule has 0 spiro atoms. The van der Waals surface area contributed by atoms with Crippen LogP contribution in [0.1, 0.15) is 20.3 Å². The van der Waals surface area contributed by atoms with Gasteiger partial charge in [0.25, 0.3) is 0 Å². The Labute approximate surface area is 136 Å². The van der Waals surface area contributed by atoms with Gasteiger partial charge in [-0.2, -0.15) is 0 Å². The highest BCUT2D eigenvalue weighted by Crippen LogP contribution is 2.27. The Morgan fingerprint density at radius 1 is 1.35 bits per heavy atom. The molecule has 0 bridgehead atoms. The summed E-state index contributed by atoms with van der Waals surface area (Å²) in [6, 6.07) is 6.15. The van der Waals surface area contributed by atoms with Crippen molar-refractivity contribution in [3.8, 4) is 0 Å². The summed E-state index contributed by atoms with van der Waals surface area (Å²) in [7, 11) is 0. The number of nitrogens with one attached hydrogen (secondary N) is 1. The second-order valence-corrected chi connectivity index (χ2v) is 5.67. The van der Waals surface area contributed by atoms with E-state index >= 15 is 0 Å². The van der Waals surface area contributed by atoms with E-state index in [1.807, 2.05) is 0 Å². The van der Waals surface area contributed by atoms with Crippen LogP contribution in [0.4, 0.5) is 10.1 Å². The SMILES string of the molecule is CCN(CC)CCNC(=O)[C@@H]1CC(=O)N(c2ccccc2F)C1. The highest BCUT2D eigenvalue weighted by molar-refractivity contribution is 6.00. The van der Waals surface area contributed by atoms with Crippen LogP contribution in [0.2, 0.25) is 0 Å². The van der Waals surface area contributed by atoms with E-state index in [2.05, 4.69) is 24.1 Å². The summed E-state index contributed by atoms with van der Waals surface area (Å²) in [5.74, 6) is -1.20. The number of anilines is 1. The lowest BCUT2D eigenvalue weighted by molar-refractivity contribution is -0.126. The Bertz CT molecular complexity index is 561. The van der Waals surface area contributed by atoms with Crippen molar-refractivity contribution in [1.29, 1.82) is 0 Å². The summed E-state index contributed by atoms with van der Waals surface area (Å²) in [6.07, 6.45) is 0.130. The molecule has 0 aromatic heterocycles. The van der Waals surface area contributed by atoms with E-state index in [1.54, 1.807) is 18.2 Å². The smallest absolute Gasteiger partial charge is 0.227 e. The molecular formula is C17H24FN3O2. The van der Waals surface area contributed by atoms with Gasteiger partial charge in [0, 0.05) is 26.1 Å². The minimum absolute atomic E-state index is 0.130. The Kier molecular flexibility index (Phi) is 6.10. The molecule has 1 aliphatic heterocycles. The molecular weight excluding hydrogens is 297 g/mol. The maximum atomic E-state index is 13.8. The third-order valence-electron chi connectivity index (χ3n) is 4.26. The molecule has 5 nitrogen and oxygen atoms in total. The van der Waals surface area contributed by atoms with Crippen molar-refractivity contribution < 1.29 is 14.0 Å². The summed E-state index contributed by atoms with van der Waals surface area (Å²) >= 11 is 0. The Balaban J connectivity index is 1.89. The lowest BCUT2D eigenvalue weighted by atomic mass is 10.1. The van der Waals surface area contributed by atoms with Gasteiger partial charge in [0.15, 0.2) is 0 Å². The number of amides is 2. The molecule has 0 radical (unpaired) electrons. The largest absolute Gasteiger partial charge is 0.355 e. The molecule has 0 unspecified atom stereocenters. The number of hydrogen-bond donors (Lipinski definition) is 1. The summed E-state index contributed by atoms with van der Waals surface area (Å²) in [5, 5.41) is 2.88. The van der Waals surface area contributed by atoms with Crippen molar-refractivity contribution in [2.45, 2.75) is 20.3 Å². The van der Waals surface area contributed by atoms with Crippen LogP contribution in [0.3, 0.4) is 0 Å². The second-order valence-electron chi connectivity index (χ2n) is 5.67. The van der Waals surface area contributed by atoms with Gasteiger partial charge in [0.05, 0.1) is 11.6 Å². The zero-order valence-corrected chi connectivity index (χ0v) is 13.7. The average molecular weight is 321 g/mol. The Morgan fingerprint density at radius 2 is 2.04 bits per heavy atom. The van der Waals surface area contributed by atoms with E-state index in [0.717, 1.165) is 19.6 Å². The number of hydrogen-bond acceptors (Lipinski definition) is 3. The van der Waals surface area contributed by atoms with Gasteiger partial charge in [0.1, 0.15) is 5.82 Å². The lowest BCUT2D eigenvalue weighted by Gasteiger charge is -2.19. The lowest BCUT2D eigenvalue weighted by Crippen LogP contribution is -2.38. The van der Waals surface area contributed by atoms with Crippen LogP contribution in [-0.4, -0.2) is 49.4 Å². The van der Waals surface area contributed by atoms with Crippen molar-refractivity contribution in [2.24, 2.45) is 5.92 Å². The highest BCUT2D eigenvalue weighted by Gasteiger charge is 2.35. The molecule has 1 fully saturated rings. The summed E-state index contributed by atoms with van der Waals surface area (Å²) in [4.78, 5) is 27.9. The van der Waals surface area contributed by atoms with E-state index in [1.165, 1.54) is 11.0 Å². The zero-order valence-electron chi connectivity index (χ0n) is 13.7. The molecule has 126 valence electrons. The number of halogens is 1. The molecule has 0 saturated carbocycles. The average Bonchev–Trinajstić information content (AvgIpc) is 2.94. The molecule has 1 saturated heterocycles. The zero-order chi connectivity index (χ0) is 16.8. The molecule has 1 aromatic carbocycles. The maximum Gasteiger partial charge on any atom is 0.227 e. The van der Waals surface area contributed by atoms with Crippen LogP contribution >= 0.6 is 0 Å². The van der Waals surface area contributed by atoms with Crippen molar-refractivity contribution in [3.05, 3.63) is 30.1 Å². The van der Waals surface area contributed by atoms with Crippen molar-refractivity contribution in [1.82, 2.24) is 10.2 Å². The molecule has 0 aliphatic carbocycles. The van der Waals surface area contributed by atoms with Crippen molar-refractivity contribution >= 4 is 17.5 Å². The standard InChI is InChI=1S/C17H24FN3O2/c1-3-20(4-2)10-9-19-17(23)13-11-16(22)21(12-13)15-8-6-5-7-14(15)18/h5-8,13H,3-4,9-12H2,1-2H3,(H,19,23)/t13-/m1/s1. The molecule has 1 heterocycles. The van der Waals surface area contributed by atoms with Gasteiger partial charge in [0.2, 0.25) is 11.8 Å². The van der Waals surface area contributed by atoms with E-state index in [-0.39, 0.29) is 30.5 Å². The number of benzene rings is 1. The van der Waals surface area contributed by atoms with Gasteiger partial charge in [-0.05, 0) is 25.2 Å². The first kappa shape index (κ1) is 17.4. The van der Waals surface area contributed by atoms with E-state index in [4.69, 9.17) is 0 Å². The van der Waals surface area contributed by atoms with Crippen LogP contribution in [0.15, 0.2) is 24.3 Å². The third kappa shape index (κ3) is 4.28. The first-order valence-electron chi connectivity index (χ1n) is 8.11. The second kappa shape index (κ2) is 8.06. The fourth-order valence-corrected chi connectivity index (χ4v) is 2.81. The van der Waals surface area contributed by atoms with E-state index < -0.39 is 11.7 Å². The van der Waals surface area contributed by atoms with Gasteiger partial charge in [-0.3, -0.25) is 9.59 Å². The predicted molar refractivity (Wildman–Crippen MR) is 87.7 cm³/mol. The minimum atomic E-state index is -0.441. The molecule has 23 heavy (non-hydrogen) atoms. The molecule has 2 rings (SSSR count). The number of carbonyl (C=O) groups excluding carboxylic acids is 2. The topological polar surface area (TPSA) is 52.7 Å². The number of nitrogens with zero attached hydrogens (tertiary/aromatic N) is 2. The first-order chi connectivity index (χ1) is 11.1. The normalized spacial score (nSPS) is 17.8. The van der Waals surface area contributed by atoms with Crippen LogP contribution < -0.4 is 10.2 Å². The van der Waals surface area contributed by atoms with Crippen LogP contribution in [0, 0.1) is 11.7 Å². The van der Waals surface area contributed by atoms with Gasteiger partial charge < -0.3 is 15.1 Å². The number of para-hydroxylation sites is 1. The first-order valence-corrected chi connectivity index (χ1v) is 8.11. The number of likely N-dealkylation sites (N-methyl/N-ethyl adjacent to an activating group) is 1. The van der Waals surface area contributed by atoms with Crippen molar-refractivity contribution in [2.75, 3.05) is 37.6 Å². The third-order valence-corrected chi connectivity index (χ3v) is 4.26. The Morgan fingerprint density at radius 3 is 2.70 bits per heavy atom. The van der Waals surface area contributed by atoms with Gasteiger partial charge in [-0.25, -0.2) is 4.39 Å². The van der Waals surface area contributed by atoms with Gasteiger partial charge in [-0.15, -0.1) is 0 Å². The molecule has 1 aromatic rings. The number of rotatable bonds is 7. The quantitative estimate of drug-likeness (QED) is 0.830. The predicted octanol–water partition coefficient (Wildman–Crippen LogP) is 1.64. The maximum absolute atomic E-state index is 13.8. The van der Waals surface area contributed by atoms with Crippen molar-refractivity contribution in [3.63, 3.8) is 0 Å². The van der Waals surface area contributed by atoms with E-state index in [9.17, 15) is 14.0 Å². The molecule has 6 heteroatoms. The number of carbonyl (C=O) groups is 2. The summed E-state index contributed by atoms with van der Waals surface area (Å²) < 4.78 is 13.8. The minimum Gasteiger partial charge on any atom is -0.355 e. The van der Waals surface area contributed by atoms with Gasteiger partial charge >= 0.3 is 0 Å². The highest BCUT2D eigenvalue weighted by atomic mass is 19.1. The van der Waals surface area contributed by atoms with E-state index in [0.29, 0.717) is 6.54 Å². The monoisotopic (exact) mass is 321 g/mol. The van der Waals surface area contributed by atoms with Crippen LogP contribution in [0.25, 0.3) is 0 Å². The Hall–Kier alpha value is -1.95. The van der Waals surface area contributed by atoms with Crippen LogP contribution in [-0.2, 0) is 9.59 Å². The molecule has 1 N–H and O–H groups in total. The summed E-state index contributed by atoms with van der Waals surface area (Å²) in [6.45, 7) is 7.61. The molecule has 2 amide bonds. The molecule has 1 aliphatic rings. The fraction of sp³-hybridized carbons (Fsp3) is 0.529. The fourth-order valence-electron chi connectivity index (χ4n) is 2.81. The van der Waals surface area contributed by atoms with Gasteiger partial charge in [-0.1, -0.05) is 26.0 Å².